The summed E-state index contributed by atoms with van der Waals surface area (Å²) in [6, 6.07) is 11.8. The maximum absolute atomic E-state index is 13.6. The van der Waals surface area contributed by atoms with Crippen LogP contribution in [0.1, 0.15) is 67.4 Å². The Kier molecular flexibility index (Phi) is 11.6. The molecule has 1 N–H and O–H groups in total. The molecule has 4 heterocycles. The Hall–Kier alpha value is -2.67. The van der Waals surface area contributed by atoms with Crippen molar-refractivity contribution < 1.29 is 27.4 Å². The minimum absolute atomic E-state index is 0.219. The normalized spacial score (nSPS) is 31.4. The lowest BCUT2D eigenvalue weighted by Gasteiger charge is -2.52. The smallest absolute Gasteiger partial charge is 0.264 e. The number of ether oxygens (including phenoxy) is 3. The van der Waals surface area contributed by atoms with E-state index in [0.717, 1.165) is 107 Å². The molecule has 52 heavy (non-hydrogen) atoms. The molecular weight excluding hydrogens is 700 g/mol. The number of sulfonamides is 1. The van der Waals surface area contributed by atoms with Gasteiger partial charge in [-0.3, -0.25) is 14.6 Å². The van der Waals surface area contributed by atoms with Crippen LogP contribution in [0.15, 0.2) is 48.6 Å². The monoisotopic (exact) mass is 754 g/mol. The molecule has 2 saturated heterocycles. The van der Waals surface area contributed by atoms with Crippen molar-refractivity contribution in [3.63, 3.8) is 0 Å². The molecule has 3 fully saturated rings. The highest BCUT2D eigenvalue weighted by Crippen LogP contribution is 2.47. The molecule has 2 aromatic rings. The number of benzene rings is 2. The molecule has 0 spiro atoms. The number of aryl methyl sites for hydroxylation is 1. The Labute approximate surface area is 314 Å². The lowest BCUT2D eigenvalue weighted by Crippen LogP contribution is -2.61. The first-order valence-electron chi connectivity index (χ1n) is 19.2. The largest absolute Gasteiger partial charge is 0.487 e. The van der Waals surface area contributed by atoms with Gasteiger partial charge in [0.05, 0.1) is 30.2 Å². The van der Waals surface area contributed by atoms with Crippen molar-refractivity contribution in [1.29, 1.82) is 0 Å². The molecule has 1 amide bonds. The van der Waals surface area contributed by atoms with Gasteiger partial charge in [-0.15, -0.1) is 0 Å². The van der Waals surface area contributed by atoms with Crippen molar-refractivity contribution in [3.8, 4) is 5.75 Å². The predicted molar refractivity (Wildman–Crippen MR) is 205 cm³/mol. The van der Waals surface area contributed by atoms with Crippen LogP contribution in [-0.4, -0.2) is 107 Å². The number of piperazine rings is 1. The second-order valence-electron chi connectivity index (χ2n) is 15.7. The summed E-state index contributed by atoms with van der Waals surface area (Å²) in [4.78, 5) is 21.1. The Balaban J connectivity index is 1.23. The van der Waals surface area contributed by atoms with Crippen molar-refractivity contribution in [2.24, 2.45) is 17.8 Å². The molecule has 0 unspecified atom stereocenters. The Morgan fingerprint density at radius 1 is 1.00 bits per heavy atom. The van der Waals surface area contributed by atoms with Crippen LogP contribution in [0.25, 0.3) is 0 Å². The highest BCUT2D eigenvalue weighted by Gasteiger charge is 2.48. The van der Waals surface area contributed by atoms with Gasteiger partial charge in [-0.05, 0) is 105 Å². The van der Waals surface area contributed by atoms with Crippen molar-refractivity contribution in [2.45, 2.75) is 75.9 Å². The quantitative estimate of drug-likeness (QED) is 0.404. The van der Waals surface area contributed by atoms with Gasteiger partial charge in [0.25, 0.3) is 5.91 Å². The molecule has 0 aromatic heterocycles. The zero-order valence-electron chi connectivity index (χ0n) is 30.9. The lowest BCUT2D eigenvalue weighted by molar-refractivity contribution is -0.107. The average Bonchev–Trinajstić information content (AvgIpc) is 3.12. The molecule has 7 rings (SSSR count). The van der Waals surface area contributed by atoms with Crippen LogP contribution in [0.3, 0.4) is 0 Å². The molecule has 10 nitrogen and oxygen atoms in total. The summed E-state index contributed by atoms with van der Waals surface area (Å²) in [7, 11) is -2.11. The molecular formula is C40H55ClN4O6S. The van der Waals surface area contributed by atoms with Gasteiger partial charge in [-0.1, -0.05) is 36.7 Å². The third-order valence-corrected chi connectivity index (χ3v) is 14.7. The fourth-order valence-electron chi connectivity index (χ4n) is 8.70. The third kappa shape index (κ3) is 8.05. The number of allylic oxidation sites excluding steroid dienone is 1. The first-order chi connectivity index (χ1) is 25.0. The highest BCUT2D eigenvalue weighted by atomic mass is 35.5. The van der Waals surface area contributed by atoms with Crippen LogP contribution >= 0.6 is 11.6 Å². The minimum atomic E-state index is -3.95. The number of hydrogen-bond acceptors (Lipinski definition) is 9. The lowest BCUT2D eigenvalue weighted by atomic mass is 9.63. The number of nitrogens with zero attached hydrogens (tertiary/aromatic N) is 3. The summed E-state index contributed by atoms with van der Waals surface area (Å²) in [6.45, 7) is 12.0. The summed E-state index contributed by atoms with van der Waals surface area (Å²) in [5.41, 5.74) is 2.88. The van der Waals surface area contributed by atoms with Gasteiger partial charge in [0, 0.05) is 63.5 Å². The molecule has 5 aliphatic rings. The van der Waals surface area contributed by atoms with Crippen molar-refractivity contribution >= 4 is 33.2 Å². The van der Waals surface area contributed by atoms with E-state index in [1.807, 2.05) is 44.4 Å². The topological polar surface area (TPSA) is 101 Å². The summed E-state index contributed by atoms with van der Waals surface area (Å²) < 4.78 is 48.2. The fraction of sp³-hybridized carbons (Fsp3) is 0.625. The van der Waals surface area contributed by atoms with Crippen molar-refractivity contribution in [1.82, 2.24) is 14.5 Å². The Morgan fingerprint density at radius 2 is 1.81 bits per heavy atom. The van der Waals surface area contributed by atoms with Crippen LogP contribution in [0.2, 0.25) is 5.02 Å². The average molecular weight is 755 g/mol. The van der Waals surface area contributed by atoms with Gasteiger partial charge in [0.1, 0.15) is 18.0 Å². The van der Waals surface area contributed by atoms with Crippen LogP contribution in [-0.2, 0) is 32.5 Å². The van der Waals surface area contributed by atoms with Crippen LogP contribution in [0, 0.1) is 17.8 Å². The standard InChI is InChI=1S/C40H55ClN4O6S/c1-28-7-6-15-40(49-3,27-43-17-19-44(20-18-43)35-25-50-26-35)36-13-10-32(36)23-45-16-5-4-8-30-21-34(41)12-9-33(30)24-51-38-14-11-31(22-37(38)45)39(46)42-52(47,48)29(28)2/h6,9,11-12,14-15,21-22,28-29,32,35-36H,4-5,7-8,10,13,16-20,23-27H2,1-3H3,(H,42,46)/b15-6+/t28-,29+,32-,36+,40+/m0/s1. The third-order valence-electron chi connectivity index (χ3n) is 12.6. The fourth-order valence-corrected chi connectivity index (χ4v) is 10.2. The SMILES string of the molecule is CO[C@@]1(CN2CCN(C3COC3)CC2)/C=C/C[C@H](C)[C@@H](C)S(=O)(=O)NC(=O)c2ccc3c(c2)N(CCCCc2cc(Cl)ccc2CO3)C[C@@H]2CC[C@H]21. The first kappa shape index (κ1) is 37.6. The number of amides is 1. The van der Waals surface area contributed by atoms with E-state index in [1.165, 1.54) is 5.56 Å². The number of nitrogens with one attached hydrogen (secondary N) is 1. The summed E-state index contributed by atoms with van der Waals surface area (Å²) in [5.74, 6) is 0.464. The van der Waals surface area contributed by atoms with Gasteiger partial charge in [-0.25, -0.2) is 13.1 Å². The number of anilines is 1. The van der Waals surface area contributed by atoms with Crippen molar-refractivity contribution in [3.05, 3.63) is 70.3 Å². The molecule has 284 valence electrons. The molecule has 1 saturated carbocycles. The van der Waals surface area contributed by atoms with Crippen molar-refractivity contribution in [2.75, 3.05) is 71.0 Å². The molecule has 4 aliphatic heterocycles. The van der Waals surface area contributed by atoms with Gasteiger partial charge < -0.3 is 19.1 Å². The predicted octanol–water partition coefficient (Wildman–Crippen LogP) is 5.53. The summed E-state index contributed by atoms with van der Waals surface area (Å²) in [5, 5.41) is -0.0600. The van der Waals surface area contributed by atoms with Gasteiger partial charge in [-0.2, -0.15) is 0 Å². The summed E-state index contributed by atoms with van der Waals surface area (Å²) in [6.07, 6.45) is 9.90. The van der Waals surface area contributed by atoms with Gasteiger partial charge in [0.15, 0.2) is 0 Å². The number of fused-ring (bicyclic) bond motifs is 3. The number of methoxy groups -OCH3 is 1. The number of carbonyl (C=O) groups excluding carboxylic acids is 1. The van der Waals surface area contributed by atoms with Gasteiger partial charge >= 0.3 is 0 Å². The number of rotatable bonds is 4. The van der Waals surface area contributed by atoms with E-state index in [-0.39, 0.29) is 11.8 Å². The maximum Gasteiger partial charge on any atom is 0.264 e. The number of carbonyl (C=O) groups is 1. The Morgan fingerprint density at radius 3 is 2.52 bits per heavy atom. The van der Waals surface area contributed by atoms with Gasteiger partial charge in [0.2, 0.25) is 10.0 Å². The zero-order chi connectivity index (χ0) is 36.5. The number of halogens is 1. The van der Waals surface area contributed by atoms with E-state index in [9.17, 15) is 13.2 Å². The molecule has 0 radical (unpaired) electrons. The Bertz CT molecular complexity index is 1730. The van der Waals surface area contributed by atoms with E-state index < -0.39 is 26.8 Å². The van der Waals surface area contributed by atoms with Crippen LogP contribution < -0.4 is 14.4 Å². The van der Waals surface area contributed by atoms with Crippen LogP contribution in [0.5, 0.6) is 5.75 Å². The summed E-state index contributed by atoms with van der Waals surface area (Å²) >= 11 is 6.40. The van der Waals surface area contributed by atoms with Crippen LogP contribution in [0.4, 0.5) is 5.69 Å². The van der Waals surface area contributed by atoms with E-state index in [0.29, 0.717) is 36.3 Å². The molecule has 1 aliphatic carbocycles. The second kappa shape index (κ2) is 16.0. The highest BCUT2D eigenvalue weighted by molar-refractivity contribution is 7.90. The molecule has 5 atom stereocenters. The second-order valence-corrected chi connectivity index (χ2v) is 18.2. The molecule has 2 aromatic carbocycles. The van der Waals surface area contributed by atoms with E-state index >= 15 is 0 Å². The van der Waals surface area contributed by atoms with E-state index in [2.05, 4.69) is 31.6 Å². The molecule has 2 bridgehead atoms. The number of hydrogen-bond donors (Lipinski definition) is 1. The molecule has 12 heteroatoms. The first-order valence-corrected chi connectivity index (χ1v) is 21.1. The minimum Gasteiger partial charge on any atom is -0.487 e. The van der Waals surface area contributed by atoms with E-state index in [4.69, 9.17) is 25.8 Å². The zero-order valence-corrected chi connectivity index (χ0v) is 32.5. The maximum atomic E-state index is 13.6. The van der Waals surface area contributed by atoms with E-state index in [1.54, 1.807) is 13.0 Å².